The van der Waals surface area contributed by atoms with Crippen molar-refractivity contribution in [3.63, 3.8) is 0 Å². The smallest absolute Gasteiger partial charge is 0.249 e. The van der Waals surface area contributed by atoms with Gasteiger partial charge in [-0.3, -0.25) is 0 Å². The minimum absolute atomic E-state index is 0.242. The van der Waals surface area contributed by atoms with Crippen LogP contribution in [-0.4, -0.2) is 10.1 Å². The molecule has 1 unspecified atom stereocenters. The first-order chi connectivity index (χ1) is 10.3. The molecule has 1 aromatic heterocycles. The zero-order valence-electron chi connectivity index (χ0n) is 11.1. The Hall–Kier alpha value is -2.33. The van der Waals surface area contributed by atoms with Crippen LogP contribution in [0, 0.1) is 0 Å². The molecule has 0 fully saturated rings. The van der Waals surface area contributed by atoms with E-state index in [-0.39, 0.29) is 6.61 Å². The number of para-hydroxylation sites is 1. The van der Waals surface area contributed by atoms with E-state index in [1.54, 1.807) is 0 Å². The van der Waals surface area contributed by atoms with Gasteiger partial charge in [-0.2, -0.15) is 4.98 Å². The van der Waals surface area contributed by atoms with Crippen molar-refractivity contribution < 1.29 is 9.26 Å². The van der Waals surface area contributed by atoms with E-state index in [2.05, 4.69) is 10.1 Å². The van der Waals surface area contributed by atoms with Gasteiger partial charge in [0.2, 0.25) is 11.7 Å². The van der Waals surface area contributed by atoms with Gasteiger partial charge in [-0.25, -0.2) is 0 Å². The normalized spacial score (nSPS) is 12.0. The predicted molar refractivity (Wildman–Crippen MR) is 79.2 cm³/mol. The Morgan fingerprint density at radius 3 is 2.38 bits per heavy atom. The molecule has 21 heavy (non-hydrogen) atoms. The van der Waals surface area contributed by atoms with Crippen molar-refractivity contribution in [3.8, 4) is 5.75 Å². The summed E-state index contributed by atoms with van der Waals surface area (Å²) in [5.74, 6) is 1.60. The van der Waals surface area contributed by atoms with Gasteiger partial charge in [-0.05, 0) is 17.7 Å². The summed E-state index contributed by atoms with van der Waals surface area (Å²) in [5.41, 5.74) is 0.915. The SMILES string of the molecule is ClC(c1ccccc1)c1nc(COc2ccccc2)no1. The van der Waals surface area contributed by atoms with Gasteiger partial charge >= 0.3 is 0 Å². The number of hydrogen-bond acceptors (Lipinski definition) is 4. The molecule has 2 aromatic carbocycles. The average molecular weight is 301 g/mol. The van der Waals surface area contributed by atoms with Crippen LogP contribution < -0.4 is 4.74 Å². The topological polar surface area (TPSA) is 48.2 Å². The number of halogens is 1. The number of aromatic nitrogens is 2. The first-order valence-electron chi connectivity index (χ1n) is 6.52. The van der Waals surface area contributed by atoms with E-state index >= 15 is 0 Å². The number of nitrogens with zero attached hydrogens (tertiary/aromatic N) is 2. The average Bonchev–Trinajstić information content (AvgIpc) is 3.03. The number of rotatable bonds is 5. The van der Waals surface area contributed by atoms with Crippen molar-refractivity contribution in [2.24, 2.45) is 0 Å². The summed E-state index contributed by atoms with van der Waals surface area (Å²) in [6, 6.07) is 19.1. The molecule has 4 nitrogen and oxygen atoms in total. The van der Waals surface area contributed by atoms with E-state index in [1.807, 2.05) is 60.7 Å². The lowest BCUT2D eigenvalue weighted by Gasteiger charge is -2.03. The summed E-state index contributed by atoms with van der Waals surface area (Å²) in [4.78, 5) is 4.27. The largest absolute Gasteiger partial charge is 0.485 e. The summed E-state index contributed by atoms with van der Waals surface area (Å²) >= 11 is 6.33. The van der Waals surface area contributed by atoms with Gasteiger partial charge in [-0.1, -0.05) is 53.7 Å². The summed E-state index contributed by atoms with van der Waals surface area (Å²) in [6.07, 6.45) is 0. The quantitative estimate of drug-likeness (QED) is 0.669. The second kappa shape index (κ2) is 6.41. The van der Waals surface area contributed by atoms with Gasteiger partial charge in [0.05, 0.1) is 0 Å². The third-order valence-electron chi connectivity index (χ3n) is 2.90. The molecule has 0 amide bonds. The first kappa shape index (κ1) is 13.6. The molecule has 0 aliphatic rings. The fourth-order valence-electron chi connectivity index (χ4n) is 1.86. The fraction of sp³-hybridized carbons (Fsp3) is 0.125. The highest BCUT2D eigenvalue weighted by Crippen LogP contribution is 2.27. The van der Waals surface area contributed by atoms with Gasteiger partial charge in [0.25, 0.3) is 0 Å². The van der Waals surface area contributed by atoms with Crippen LogP contribution in [0.4, 0.5) is 0 Å². The summed E-state index contributed by atoms with van der Waals surface area (Å²) in [7, 11) is 0. The van der Waals surface area contributed by atoms with Crippen molar-refractivity contribution in [1.82, 2.24) is 10.1 Å². The van der Waals surface area contributed by atoms with Crippen molar-refractivity contribution in [3.05, 3.63) is 77.9 Å². The van der Waals surface area contributed by atoms with E-state index in [9.17, 15) is 0 Å². The van der Waals surface area contributed by atoms with E-state index in [0.717, 1.165) is 11.3 Å². The molecule has 0 spiro atoms. The van der Waals surface area contributed by atoms with Gasteiger partial charge < -0.3 is 9.26 Å². The number of ether oxygens (including phenoxy) is 1. The van der Waals surface area contributed by atoms with Crippen molar-refractivity contribution in [1.29, 1.82) is 0 Å². The van der Waals surface area contributed by atoms with Crippen molar-refractivity contribution in [2.45, 2.75) is 12.0 Å². The molecule has 0 aliphatic carbocycles. The lowest BCUT2D eigenvalue weighted by atomic mass is 10.1. The molecule has 3 rings (SSSR count). The number of benzene rings is 2. The lowest BCUT2D eigenvalue weighted by molar-refractivity contribution is 0.285. The van der Waals surface area contributed by atoms with E-state index in [1.165, 1.54) is 0 Å². The molecule has 0 radical (unpaired) electrons. The van der Waals surface area contributed by atoms with E-state index in [0.29, 0.717) is 11.7 Å². The van der Waals surface area contributed by atoms with Crippen LogP contribution in [0.3, 0.4) is 0 Å². The molecule has 3 aromatic rings. The van der Waals surface area contributed by atoms with Crippen LogP contribution in [-0.2, 0) is 6.61 Å². The van der Waals surface area contributed by atoms with Gasteiger partial charge in [-0.15, -0.1) is 11.6 Å². The fourth-order valence-corrected chi connectivity index (χ4v) is 2.09. The van der Waals surface area contributed by atoms with Crippen LogP contribution in [0.5, 0.6) is 5.75 Å². The maximum Gasteiger partial charge on any atom is 0.249 e. The molecule has 0 saturated carbocycles. The van der Waals surface area contributed by atoms with Gasteiger partial charge in [0.1, 0.15) is 11.1 Å². The first-order valence-corrected chi connectivity index (χ1v) is 6.96. The van der Waals surface area contributed by atoms with E-state index < -0.39 is 5.38 Å². The predicted octanol–water partition coefficient (Wildman–Crippen LogP) is 3.98. The summed E-state index contributed by atoms with van der Waals surface area (Å²) in [5, 5.41) is 3.43. The Morgan fingerprint density at radius 2 is 1.67 bits per heavy atom. The minimum atomic E-state index is -0.454. The van der Waals surface area contributed by atoms with Crippen molar-refractivity contribution >= 4 is 11.6 Å². The zero-order chi connectivity index (χ0) is 14.5. The van der Waals surface area contributed by atoms with Crippen LogP contribution in [0.25, 0.3) is 0 Å². The molecular formula is C16H13ClN2O2. The second-order valence-corrected chi connectivity index (χ2v) is 4.86. The summed E-state index contributed by atoms with van der Waals surface area (Å²) < 4.78 is 10.8. The monoisotopic (exact) mass is 300 g/mol. The molecule has 1 heterocycles. The van der Waals surface area contributed by atoms with Gasteiger partial charge in [0, 0.05) is 0 Å². The molecule has 0 N–H and O–H groups in total. The highest BCUT2D eigenvalue weighted by atomic mass is 35.5. The number of hydrogen-bond donors (Lipinski definition) is 0. The Labute approximate surface area is 127 Å². The third kappa shape index (κ3) is 3.41. The Balaban J connectivity index is 1.66. The Morgan fingerprint density at radius 1 is 1.00 bits per heavy atom. The van der Waals surface area contributed by atoms with E-state index in [4.69, 9.17) is 20.9 Å². The van der Waals surface area contributed by atoms with Crippen LogP contribution in [0.15, 0.2) is 65.2 Å². The summed E-state index contributed by atoms with van der Waals surface area (Å²) in [6.45, 7) is 0.242. The lowest BCUT2D eigenvalue weighted by Crippen LogP contribution is -1.98. The molecular weight excluding hydrogens is 288 g/mol. The molecule has 0 aliphatic heterocycles. The van der Waals surface area contributed by atoms with Crippen LogP contribution >= 0.6 is 11.6 Å². The van der Waals surface area contributed by atoms with Crippen LogP contribution in [0.2, 0.25) is 0 Å². The zero-order valence-corrected chi connectivity index (χ0v) is 11.9. The van der Waals surface area contributed by atoms with Gasteiger partial charge in [0.15, 0.2) is 6.61 Å². The molecule has 1 atom stereocenters. The number of alkyl halides is 1. The maximum absolute atomic E-state index is 6.33. The third-order valence-corrected chi connectivity index (χ3v) is 3.34. The molecule has 106 valence electrons. The molecule has 0 bridgehead atoms. The Bertz CT molecular complexity index is 686. The molecule has 5 heteroatoms. The molecule has 0 saturated heterocycles. The highest BCUT2D eigenvalue weighted by Gasteiger charge is 2.18. The Kier molecular flexibility index (Phi) is 4.17. The maximum atomic E-state index is 6.33. The standard InChI is InChI=1S/C16H13ClN2O2/c17-15(12-7-3-1-4-8-12)16-18-14(19-21-16)11-20-13-9-5-2-6-10-13/h1-10,15H,11H2. The minimum Gasteiger partial charge on any atom is -0.485 e. The van der Waals surface area contributed by atoms with Crippen LogP contribution in [0.1, 0.15) is 22.7 Å². The highest BCUT2D eigenvalue weighted by molar-refractivity contribution is 6.22. The van der Waals surface area contributed by atoms with Crippen molar-refractivity contribution in [2.75, 3.05) is 0 Å². The second-order valence-electron chi connectivity index (χ2n) is 4.42.